The molecule has 4 rings (SSSR count). The van der Waals surface area contributed by atoms with Crippen LogP contribution >= 0.6 is 34.4 Å². The van der Waals surface area contributed by atoms with E-state index in [9.17, 15) is 18.0 Å². The van der Waals surface area contributed by atoms with Gasteiger partial charge in [-0.15, -0.1) is 34.4 Å². The summed E-state index contributed by atoms with van der Waals surface area (Å²) in [7, 11) is -1.37. The first-order valence-corrected chi connectivity index (χ1v) is 13.7. The number of thioether (sulfide) groups is 1. The van der Waals surface area contributed by atoms with E-state index in [1.54, 1.807) is 18.4 Å². The SMILES string of the molecule is CN(C(=O)CSCc1nc2scc(-c3cccs3)c2c(=O)[nH]1)[C@H]1CCS(=O)(=O)C1. The van der Waals surface area contributed by atoms with Crippen LogP contribution in [0.4, 0.5) is 0 Å². The third kappa shape index (κ3) is 4.42. The van der Waals surface area contributed by atoms with Crippen molar-refractivity contribution in [1.29, 1.82) is 0 Å². The van der Waals surface area contributed by atoms with Crippen molar-refractivity contribution < 1.29 is 13.2 Å². The fourth-order valence-electron chi connectivity index (χ4n) is 3.30. The molecule has 29 heavy (non-hydrogen) atoms. The molecule has 0 saturated carbocycles. The highest BCUT2D eigenvalue weighted by molar-refractivity contribution is 7.99. The monoisotopic (exact) mass is 469 g/mol. The molecular weight excluding hydrogens is 450 g/mol. The zero-order valence-electron chi connectivity index (χ0n) is 15.6. The highest BCUT2D eigenvalue weighted by Gasteiger charge is 2.32. The molecule has 7 nitrogen and oxygen atoms in total. The summed E-state index contributed by atoms with van der Waals surface area (Å²) >= 11 is 4.37. The molecule has 1 saturated heterocycles. The van der Waals surface area contributed by atoms with Gasteiger partial charge in [0.05, 0.1) is 28.4 Å². The van der Waals surface area contributed by atoms with Crippen LogP contribution in [0.3, 0.4) is 0 Å². The normalized spacial score (nSPS) is 18.3. The lowest BCUT2D eigenvalue weighted by molar-refractivity contribution is -0.128. The van der Waals surface area contributed by atoms with Crippen LogP contribution in [0.2, 0.25) is 0 Å². The van der Waals surface area contributed by atoms with Crippen LogP contribution in [0.1, 0.15) is 12.2 Å². The Bertz CT molecular complexity index is 1200. The first-order chi connectivity index (χ1) is 13.8. The van der Waals surface area contributed by atoms with Crippen molar-refractivity contribution in [3.8, 4) is 10.4 Å². The molecule has 1 aliphatic heterocycles. The minimum absolute atomic E-state index is 0.0381. The largest absolute Gasteiger partial charge is 0.341 e. The number of aromatic amines is 1. The average molecular weight is 470 g/mol. The van der Waals surface area contributed by atoms with Crippen LogP contribution in [0.15, 0.2) is 27.7 Å². The van der Waals surface area contributed by atoms with Gasteiger partial charge >= 0.3 is 0 Å². The summed E-state index contributed by atoms with van der Waals surface area (Å²) in [5.74, 6) is 1.21. The zero-order valence-corrected chi connectivity index (χ0v) is 18.8. The second-order valence-electron chi connectivity index (χ2n) is 6.87. The van der Waals surface area contributed by atoms with E-state index in [1.165, 1.54) is 28.0 Å². The smallest absolute Gasteiger partial charge is 0.260 e. The Labute approximate surface area is 180 Å². The number of rotatable bonds is 6. The van der Waals surface area contributed by atoms with Gasteiger partial charge in [0, 0.05) is 28.9 Å². The van der Waals surface area contributed by atoms with Gasteiger partial charge in [-0.3, -0.25) is 9.59 Å². The van der Waals surface area contributed by atoms with E-state index in [0.717, 1.165) is 10.4 Å². The molecule has 4 heterocycles. The van der Waals surface area contributed by atoms with E-state index >= 15 is 0 Å². The van der Waals surface area contributed by atoms with Crippen molar-refractivity contribution in [2.75, 3.05) is 24.3 Å². The Hall–Kier alpha value is -1.69. The van der Waals surface area contributed by atoms with Gasteiger partial charge in [0.2, 0.25) is 5.91 Å². The second-order valence-corrected chi connectivity index (χ2v) is 11.9. The topological polar surface area (TPSA) is 100 Å². The number of amides is 1. The van der Waals surface area contributed by atoms with Crippen LogP contribution in [0.5, 0.6) is 0 Å². The molecule has 0 radical (unpaired) electrons. The second kappa shape index (κ2) is 8.21. The standard InChI is InChI=1S/C18H19N3O4S4/c1-21(11-4-6-29(24,25)10-11)15(22)9-26-8-14-19-17(23)16-12(7-28-18(16)20-14)13-3-2-5-27-13/h2-3,5,7,11H,4,6,8-10H2,1H3,(H,19,20,23)/t11-/m0/s1. The number of fused-ring (bicyclic) bond motifs is 1. The lowest BCUT2D eigenvalue weighted by Crippen LogP contribution is -2.38. The minimum atomic E-state index is -3.03. The summed E-state index contributed by atoms with van der Waals surface area (Å²) in [6.45, 7) is 0. The molecule has 154 valence electrons. The number of thiophene rings is 2. The Morgan fingerprint density at radius 2 is 2.24 bits per heavy atom. The van der Waals surface area contributed by atoms with E-state index in [2.05, 4.69) is 9.97 Å². The van der Waals surface area contributed by atoms with Gasteiger partial charge in [-0.05, 0) is 17.9 Å². The maximum atomic E-state index is 12.6. The lowest BCUT2D eigenvalue weighted by atomic mass is 10.2. The molecule has 3 aromatic heterocycles. The van der Waals surface area contributed by atoms with Gasteiger partial charge in [-0.2, -0.15) is 0 Å². The van der Waals surface area contributed by atoms with Crippen LogP contribution in [-0.2, 0) is 20.4 Å². The van der Waals surface area contributed by atoms with Crippen LogP contribution in [-0.4, -0.2) is 59.5 Å². The molecule has 3 aromatic rings. The maximum absolute atomic E-state index is 12.6. The molecule has 0 aromatic carbocycles. The van der Waals surface area contributed by atoms with E-state index in [1.807, 2.05) is 22.9 Å². The zero-order chi connectivity index (χ0) is 20.6. The fourth-order valence-corrected chi connectivity index (χ4v) is 7.66. The number of carbonyl (C=O) groups excluding carboxylic acids is 1. The van der Waals surface area contributed by atoms with Crippen LogP contribution in [0, 0.1) is 0 Å². The molecule has 1 N–H and O–H groups in total. The first-order valence-electron chi connectivity index (χ1n) is 8.92. The average Bonchev–Trinajstić information content (AvgIpc) is 3.40. The highest BCUT2D eigenvalue weighted by Crippen LogP contribution is 2.33. The van der Waals surface area contributed by atoms with Crippen molar-refractivity contribution in [2.24, 2.45) is 0 Å². The first kappa shape index (κ1) is 20.6. The van der Waals surface area contributed by atoms with Crippen LogP contribution in [0.25, 0.3) is 20.7 Å². The van der Waals surface area contributed by atoms with Gasteiger partial charge < -0.3 is 9.88 Å². The van der Waals surface area contributed by atoms with Gasteiger partial charge in [-0.25, -0.2) is 13.4 Å². The van der Waals surface area contributed by atoms with Crippen molar-refractivity contribution >= 4 is 60.4 Å². The maximum Gasteiger partial charge on any atom is 0.260 e. The third-order valence-electron chi connectivity index (χ3n) is 4.89. The molecule has 0 bridgehead atoms. The molecule has 11 heteroatoms. The minimum Gasteiger partial charge on any atom is -0.341 e. The van der Waals surface area contributed by atoms with Crippen molar-refractivity contribution in [1.82, 2.24) is 14.9 Å². The van der Waals surface area contributed by atoms with Gasteiger partial charge in [-0.1, -0.05) is 6.07 Å². The summed E-state index contributed by atoms with van der Waals surface area (Å²) in [4.78, 5) is 35.6. The molecule has 1 atom stereocenters. The molecule has 1 aliphatic rings. The fraction of sp³-hybridized carbons (Fsp3) is 0.389. The van der Waals surface area contributed by atoms with Gasteiger partial charge in [0.25, 0.3) is 5.56 Å². The number of aromatic nitrogens is 2. The highest BCUT2D eigenvalue weighted by atomic mass is 32.2. The van der Waals surface area contributed by atoms with E-state index in [-0.39, 0.29) is 34.8 Å². The summed E-state index contributed by atoms with van der Waals surface area (Å²) in [5.41, 5.74) is 0.728. The van der Waals surface area contributed by atoms with Crippen molar-refractivity contribution in [2.45, 2.75) is 18.2 Å². The number of nitrogens with zero attached hydrogens (tertiary/aromatic N) is 2. The number of nitrogens with one attached hydrogen (secondary N) is 1. The third-order valence-corrected chi connectivity index (χ3v) is 9.35. The number of H-pyrrole nitrogens is 1. The van der Waals surface area contributed by atoms with E-state index < -0.39 is 9.84 Å². The number of carbonyl (C=O) groups is 1. The lowest BCUT2D eigenvalue weighted by Gasteiger charge is -2.23. The van der Waals surface area contributed by atoms with Gasteiger partial charge in [0.15, 0.2) is 9.84 Å². The molecule has 0 spiro atoms. The molecular formula is C18H19N3O4S4. The van der Waals surface area contributed by atoms with Crippen molar-refractivity contribution in [3.63, 3.8) is 0 Å². The number of hydrogen-bond acceptors (Lipinski definition) is 8. The molecule has 0 unspecified atom stereocenters. The summed E-state index contributed by atoms with van der Waals surface area (Å²) in [6.07, 6.45) is 0.492. The Morgan fingerprint density at radius 3 is 2.93 bits per heavy atom. The Balaban J connectivity index is 1.40. The van der Waals surface area contributed by atoms with Gasteiger partial charge in [0.1, 0.15) is 10.7 Å². The predicted octanol–water partition coefficient (Wildman–Crippen LogP) is 2.59. The molecule has 1 amide bonds. The van der Waals surface area contributed by atoms with E-state index in [4.69, 9.17) is 0 Å². The molecule has 0 aliphatic carbocycles. The quantitative estimate of drug-likeness (QED) is 0.596. The van der Waals surface area contributed by atoms with E-state index in [0.29, 0.717) is 28.2 Å². The summed E-state index contributed by atoms with van der Waals surface area (Å²) in [5, 5.41) is 4.52. The van der Waals surface area contributed by atoms with Crippen LogP contribution < -0.4 is 5.56 Å². The number of hydrogen-bond donors (Lipinski definition) is 1. The summed E-state index contributed by atoms with van der Waals surface area (Å²) < 4.78 is 23.2. The Morgan fingerprint density at radius 1 is 1.41 bits per heavy atom. The predicted molar refractivity (Wildman–Crippen MR) is 120 cm³/mol. The molecule has 1 fully saturated rings. The number of sulfone groups is 1. The van der Waals surface area contributed by atoms with Crippen molar-refractivity contribution in [3.05, 3.63) is 39.1 Å². The Kier molecular flexibility index (Phi) is 5.83. The summed E-state index contributed by atoms with van der Waals surface area (Å²) in [6, 6.07) is 3.68.